The highest BCUT2D eigenvalue weighted by Crippen LogP contribution is 2.52. The zero-order chi connectivity index (χ0) is 14.3. The van der Waals surface area contributed by atoms with Crippen LogP contribution in [-0.2, 0) is 19.8 Å². The minimum absolute atomic E-state index is 0.242. The summed E-state index contributed by atoms with van der Waals surface area (Å²) in [6.07, 6.45) is 0.242. The smallest absolute Gasteiger partial charge is 0.335 e. The molecule has 0 unspecified atom stereocenters. The van der Waals surface area contributed by atoms with E-state index >= 15 is 0 Å². The number of ether oxygens (including phenoxy) is 1. The second-order valence-electron chi connectivity index (χ2n) is 4.15. The third kappa shape index (κ3) is 4.98. The first-order valence-electron chi connectivity index (χ1n) is 6.65. The number of benzene rings is 1. The summed E-state index contributed by atoms with van der Waals surface area (Å²) in [7, 11) is -3.09. The minimum Gasteiger partial charge on any atom is -0.494 e. The Morgan fingerprint density at radius 3 is 2.21 bits per heavy atom. The molecule has 4 nitrogen and oxygen atoms in total. The summed E-state index contributed by atoms with van der Waals surface area (Å²) in [5.41, 5.74) is 1.96. The van der Waals surface area contributed by atoms with Crippen molar-refractivity contribution in [2.24, 2.45) is 0 Å². The number of aryl methyl sites for hydroxylation is 1. The molecular formula is C14H23O4P. The first kappa shape index (κ1) is 16.2. The zero-order valence-corrected chi connectivity index (χ0v) is 13.0. The topological polar surface area (TPSA) is 44.8 Å². The van der Waals surface area contributed by atoms with Gasteiger partial charge in [0.2, 0.25) is 0 Å². The van der Waals surface area contributed by atoms with E-state index in [4.69, 9.17) is 13.8 Å². The Hall–Kier alpha value is -0.830. The van der Waals surface area contributed by atoms with Gasteiger partial charge in [-0.05, 0) is 33.8 Å². The fraction of sp³-hybridized carbons (Fsp3) is 0.571. The largest absolute Gasteiger partial charge is 0.494 e. The molecule has 0 saturated carbocycles. The second kappa shape index (κ2) is 7.68. The van der Waals surface area contributed by atoms with E-state index in [2.05, 4.69) is 0 Å². The van der Waals surface area contributed by atoms with Gasteiger partial charge in [-0.15, -0.1) is 0 Å². The van der Waals surface area contributed by atoms with Gasteiger partial charge in [0.25, 0.3) is 0 Å². The summed E-state index contributed by atoms with van der Waals surface area (Å²) in [5, 5.41) is 0. The molecule has 0 atom stereocenters. The van der Waals surface area contributed by atoms with Crippen LogP contribution < -0.4 is 4.74 Å². The Kier molecular flexibility index (Phi) is 6.56. The number of rotatable bonds is 8. The molecule has 0 fully saturated rings. The van der Waals surface area contributed by atoms with Crippen molar-refractivity contribution in [1.82, 2.24) is 0 Å². The van der Waals surface area contributed by atoms with Crippen LogP contribution in [-0.4, -0.2) is 19.8 Å². The molecule has 0 N–H and O–H groups in total. The van der Waals surface area contributed by atoms with Gasteiger partial charge in [-0.25, -0.2) is 0 Å². The van der Waals surface area contributed by atoms with Crippen LogP contribution in [0.4, 0.5) is 0 Å². The molecule has 0 heterocycles. The van der Waals surface area contributed by atoms with Crippen molar-refractivity contribution < 1.29 is 18.3 Å². The summed E-state index contributed by atoms with van der Waals surface area (Å²) >= 11 is 0. The molecule has 5 heteroatoms. The van der Waals surface area contributed by atoms with Crippen LogP contribution in [0.1, 0.15) is 31.9 Å². The Morgan fingerprint density at radius 2 is 1.68 bits per heavy atom. The lowest BCUT2D eigenvalue weighted by molar-refractivity contribution is 0.218. The van der Waals surface area contributed by atoms with Gasteiger partial charge in [0.15, 0.2) is 0 Å². The fourth-order valence-corrected chi connectivity index (χ4v) is 3.57. The molecule has 1 rings (SSSR count). The van der Waals surface area contributed by atoms with Crippen molar-refractivity contribution in [2.45, 2.75) is 33.9 Å². The quantitative estimate of drug-likeness (QED) is 0.673. The van der Waals surface area contributed by atoms with Crippen molar-refractivity contribution in [3.63, 3.8) is 0 Å². The predicted octanol–water partition coefficient (Wildman–Crippen LogP) is 4.16. The van der Waals surface area contributed by atoms with Gasteiger partial charge in [-0.3, -0.25) is 4.57 Å². The van der Waals surface area contributed by atoms with Gasteiger partial charge in [0.1, 0.15) is 5.75 Å². The number of hydrogen-bond acceptors (Lipinski definition) is 4. The average Bonchev–Trinajstić information content (AvgIpc) is 2.33. The normalized spacial score (nSPS) is 11.6. The van der Waals surface area contributed by atoms with Crippen molar-refractivity contribution >= 4 is 7.60 Å². The second-order valence-corrected chi connectivity index (χ2v) is 6.20. The van der Waals surface area contributed by atoms with E-state index in [1.165, 1.54) is 0 Å². The summed E-state index contributed by atoms with van der Waals surface area (Å²) in [4.78, 5) is 0. The van der Waals surface area contributed by atoms with Gasteiger partial charge in [0.05, 0.1) is 26.0 Å². The van der Waals surface area contributed by atoms with Crippen LogP contribution in [0.3, 0.4) is 0 Å². The van der Waals surface area contributed by atoms with E-state index < -0.39 is 7.60 Å². The van der Waals surface area contributed by atoms with Crippen LogP contribution in [0.15, 0.2) is 18.2 Å². The highest BCUT2D eigenvalue weighted by Gasteiger charge is 2.25. The van der Waals surface area contributed by atoms with Crippen LogP contribution in [0.2, 0.25) is 0 Å². The van der Waals surface area contributed by atoms with E-state index in [1.807, 2.05) is 45.9 Å². The van der Waals surface area contributed by atoms with Crippen LogP contribution in [0, 0.1) is 6.92 Å². The molecular weight excluding hydrogens is 263 g/mol. The summed E-state index contributed by atoms with van der Waals surface area (Å²) < 4.78 is 28.8. The fourth-order valence-electron chi connectivity index (χ4n) is 1.86. The molecule has 1 aromatic carbocycles. The molecule has 0 saturated heterocycles. The average molecular weight is 286 g/mol. The molecule has 0 bridgehead atoms. The molecule has 0 aliphatic carbocycles. The molecule has 0 aliphatic rings. The lowest BCUT2D eigenvalue weighted by Crippen LogP contribution is -2.02. The van der Waals surface area contributed by atoms with E-state index in [0.717, 1.165) is 16.9 Å². The highest BCUT2D eigenvalue weighted by atomic mass is 31.2. The van der Waals surface area contributed by atoms with Crippen LogP contribution in [0.5, 0.6) is 5.75 Å². The minimum atomic E-state index is -3.09. The van der Waals surface area contributed by atoms with Crippen LogP contribution >= 0.6 is 7.60 Å². The van der Waals surface area contributed by atoms with Crippen molar-refractivity contribution in [1.29, 1.82) is 0 Å². The number of hydrogen-bond donors (Lipinski definition) is 0. The molecule has 1 aromatic rings. The molecule has 0 spiro atoms. The monoisotopic (exact) mass is 286 g/mol. The lowest BCUT2D eigenvalue weighted by Gasteiger charge is -2.19. The Morgan fingerprint density at radius 1 is 1.05 bits per heavy atom. The summed E-state index contributed by atoms with van der Waals surface area (Å²) in [5.74, 6) is 0.743. The Labute approximate surface area is 115 Å². The third-order valence-corrected chi connectivity index (χ3v) is 4.56. The van der Waals surface area contributed by atoms with Crippen molar-refractivity contribution in [3.05, 3.63) is 29.3 Å². The Bertz CT molecular complexity index is 435. The third-order valence-electron chi connectivity index (χ3n) is 2.53. The maximum Gasteiger partial charge on any atom is 0.335 e. The standard InChI is InChI=1S/C14H23O4P/c1-5-16-14-9-8-12(4)10-13(14)11-19(15,17-6-2)18-7-3/h8-10H,5-7,11H2,1-4H3. The molecule has 0 amide bonds. The maximum absolute atomic E-state index is 12.6. The predicted molar refractivity (Wildman–Crippen MR) is 76.9 cm³/mol. The first-order valence-corrected chi connectivity index (χ1v) is 8.37. The molecule has 0 radical (unpaired) electrons. The summed E-state index contributed by atoms with van der Waals surface area (Å²) in [6.45, 7) is 8.85. The van der Waals surface area contributed by atoms with Crippen LogP contribution in [0.25, 0.3) is 0 Å². The molecule has 19 heavy (non-hydrogen) atoms. The zero-order valence-electron chi connectivity index (χ0n) is 12.1. The van der Waals surface area contributed by atoms with E-state index in [-0.39, 0.29) is 6.16 Å². The lowest BCUT2D eigenvalue weighted by atomic mass is 10.1. The molecule has 0 aromatic heterocycles. The summed E-state index contributed by atoms with van der Waals surface area (Å²) in [6, 6.07) is 5.84. The van der Waals surface area contributed by atoms with E-state index in [1.54, 1.807) is 0 Å². The van der Waals surface area contributed by atoms with Gasteiger partial charge in [-0.2, -0.15) is 0 Å². The van der Waals surface area contributed by atoms with Crippen molar-refractivity contribution in [2.75, 3.05) is 19.8 Å². The SMILES string of the molecule is CCOc1ccc(C)cc1CP(=O)(OCC)OCC. The van der Waals surface area contributed by atoms with E-state index in [0.29, 0.717) is 19.8 Å². The first-order chi connectivity index (χ1) is 9.04. The highest BCUT2D eigenvalue weighted by molar-refractivity contribution is 7.53. The van der Waals surface area contributed by atoms with Gasteiger partial charge < -0.3 is 13.8 Å². The van der Waals surface area contributed by atoms with Gasteiger partial charge >= 0.3 is 7.60 Å². The maximum atomic E-state index is 12.6. The van der Waals surface area contributed by atoms with E-state index in [9.17, 15) is 4.57 Å². The van der Waals surface area contributed by atoms with Gasteiger partial charge in [0, 0.05) is 5.56 Å². The van der Waals surface area contributed by atoms with Gasteiger partial charge in [-0.1, -0.05) is 17.7 Å². The Balaban J connectivity index is 3.00. The molecule has 108 valence electrons. The van der Waals surface area contributed by atoms with Crippen molar-refractivity contribution in [3.8, 4) is 5.75 Å². The molecule has 0 aliphatic heterocycles.